The van der Waals surface area contributed by atoms with Crippen LogP contribution < -0.4 is 5.73 Å². The van der Waals surface area contributed by atoms with Crippen molar-refractivity contribution in [1.82, 2.24) is 4.90 Å². The van der Waals surface area contributed by atoms with E-state index in [4.69, 9.17) is 17.3 Å². The summed E-state index contributed by atoms with van der Waals surface area (Å²) in [7, 11) is -3.04. The number of primary amides is 1. The van der Waals surface area contributed by atoms with Crippen LogP contribution in [-0.2, 0) is 21.1 Å². The van der Waals surface area contributed by atoms with Gasteiger partial charge in [0.15, 0.2) is 0 Å². The summed E-state index contributed by atoms with van der Waals surface area (Å²) in [6.07, 6.45) is 1.76. The van der Waals surface area contributed by atoms with E-state index in [-0.39, 0.29) is 17.7 Å². The Bertz CT molecular complexity index is 652. The summed E-state index contributed by atoms with van der Waals surface area (Å²) < 4.78 is 22.7. The number of carbonyl (C=O) groups is 1. The monoisotopic (exact) mass is 344 g/mol. The zero-order valence-electron chi connectivity index (χ0n) is 12.8. The van der Waals surface area contributed by atoms with Crippen molar-refractivity contribution < 1.29 is 13.2 Å². The second kappa shape index (κ2) is 6.18. The molecule has 1 aromatic carbocycles. The SMILES string of the molecule is CC(CS(C)(=O)=O)N1CC(Cc2ccc(Cl)cc2)(C(N)=O)C1. The molecule has 1 aliphatic heterocycles. The van der Waals surface area contributed by atoms with E-state index in [0.29, 0.717) is 24.5 Å². The third-order valence-corrected chi connectivity index (χ3v) is 5.50. The van der Waals surface area contributed by atoms with Gasteiger partial charge in [-0.3, -0.25) is 9.69 Å². The van der Waals surface area contributed by atoms with Crippen LogP contribution in [0.15, 0.2) is 24.3 Å². The number of nitrogens with two attached hydrogens (primary N) is 1. The third kappa shape index (κ3) is 4.00. The molecule has 1 atom stereocenters. The van der Waals surface area contributed by atoms with E-state index in [1.807, 2.05) is 24.0 Å². The second-order valence-corrected chi connectivity index (χ2v) is 8.92. The Labute approximate surface area is 136 Å². The van der Waals surface area contributed by atoms with Gasteiger partial charge in [-0.1, -0.05) is 23.7 Å². The molecule has 1 aromatic rings. The molecule has 1 unspecified atom stereocenters. The maximum absolute atomic E-state index is 11.9. The van der Waals surface area contributed by atoms with E-state index in [1.54, 1.807) is 12.1 Å². The molecule has 1 amide bonds. The largest absolute Gasteiger partial charge is 0.369 e. The molecule has 1 aliphatic rings. The number of likely N-dealkylation sites (tertiary alicyclic amines) is 1. The summed E-state index contributed by atoms with van der Waals surface area (Å²) in [6.45, 7) is 2.83. The van der Waals surface area contributed by atoms with Crippen LogP contribution >= 0.6 is 11.6 Å². The number of halogens is 1. The van der Waals surface area contributed by atoms with Gasteiger partial charge < -0.3 is 5.73 Å². The molecule has 0 bridgehead atoms. The predicted octanol–water partition coefficient (Wildman–Crippen LogP) is 1.10. The van der Waals surface area contributed by atoms with Crippen molar-refractivity contribution in [1.29, 1.82) is 0 Å². The first kappa shape index (κ1) is 17.2. The molecule has 122 valence electrons. The lowest BCUT2D eigenvalue weighted by Gasteiger charge is -2.50. The highest BCUT2D eigenvalue weighted by molar-refractivity contribution is 7.90. The fourth-order valence-corrected chi connectivity index (χ4v) is 4.15. The Morgan fingerprint density at radius 2 is 1.91 bits per heavy atom. The van der Waals surface area contributed by atoms with Crippen LogP contribution in [0.5, 0.6) is 0 Å². The zero-order chi connectivity index (χ0) is 16.5. The molecular formula is C15H21ClN2O3S. The van der Waals surface area contributed by atoms with E-state index in [1.165, 1.54) is 6.26 Å². The molecule has 22 heavy (non-hydrogen) atoms. The first-order valence-corrected chi connectivity index (χ1v) is 9.51. The fourth-order valence-electron chi connectivity index (χ4n) is 2.93. The normalized spacial score (nSPS) is 19.4. The van der Waals surface area contributed by atoms with E-state index in [9.17, 15) is 13.2 Å². The van der Waals surface area contributed by atoms with Gasteiger partial charge in [0.25, 0.3) is 0 Å². The van der Waals surface area contributed by atoms with Crippen molar-refractivity contribution in [2.45, 2.75) is 19.4 Å². The van der Waals surface area contributed by atoms with Gasteiger partial charge >= 0.3 is 0 Å². The molecule has 2 N–H and O–H groups in total. The molecule has 1 heterocycles. The first-order valence-electron chi connectivity index (χ1n) is 7.07. The van der Waals surface area contributed by atoms with Crippen LogP contribution in [0.3, 0.4) is 0 Å². The summed E-state index contributed by atoms with van der Waals surface area (Å²) >= 11 is 5.86. The molecule has 7 heteroatoms. The van der Waals surface area contributed by atoms with E-state index < -0.39 is 15.3 Å². The van der Waals surface area contributed by atoms with Crippen molar-refractivity contribution in [2.24, 2.45) is 11.1 Å². The van der Waals surface area contributed by atoms with Gasteiger partial charge in [-0.25, -0.2) is 8.42 Å². The van der Waals surface area contributed by atoms with Crippen molar-refractivity contribution in [3.8, 4) is 0 Å². The van der Waals surface area contributed by atoms with Crippen LogP contribution in [0.25, 0.3) is 0 Å². The van der Waals surface area contributed by atoms with Gasteiger partial charge in [0.05, 0.1) is 11.2 Å². The Kier molecular flexibility index (Phi) is 4.84. The number of hydrogen-bond acceptors (Lipinski definition) is 4. The topological polar surface area (TPSA) is 80.5 Å². The third-order valence-electron chi connectivity index (χ3n) is 4.16. The van der Waals surface area contributed by atoms with Crippen molar-refractivity contribution >= 4 is 27.3 Å². The molecule has 1 fully saturated rings. The highest BCUT2D eigenvalue weighted by atomic mass is 35.5. The minimum atomic E-state index is -3.04. The average Bonchev–Trinajstić information content (AvgIpc) is 2.32. The second-order valence-electron chi connectivity index (χ2n) is 6.29. The summed E-state index contributed by atoms with van der Waals surface area (Å²) in [5, 5.41) is 0.647. The lowest BCUT2D eigenvalue weighted by Crippen LogP contribution is -2.66. The lowest BCUT2D eigenvalue weighted by molar-refractivity contribution is -0.139. The minimum absolute atomic E-state index is 0.0861. The Hall–Kier alpha value is -1.11. The first-order chi connectivity index (χ1) is 10.1. The van der Waals surface area contributed by atoms with E-state index in [2.05, 4.69) is 0 Å². The fraction of sp³-hybridized carbons (Fsp3) is 0.533. The molecule has 1 saturated heterocycles. The number of carbonyl (C=O) groups excluding carboxylic acids is 1. The Morgan fingerprint density at radius 1 is 1.36 bits per heavy atom. The smallest absolute Gasteiger partial charge is 0.226 e. The van der Waals surface area contributed by atoms with Crippen molar-refractivity contribution in [3.05, 3.63) is 34.9 Å². The minimum Gasteiger partial charge on any atom is -0.369 e. The average molecular weight is 345 g/mol. The molecule has 5 nitrogen and oxygen atoms in total. The Morgan fingerprint density at radius 3 is 2.36 bits per heavy atom. The molecule has 0 saturated carbocycles. The summed E-state index contributed by atoms with van der Waals surface area (Å²) in [4.78, 5) is 13.9. The van der Waals surface area contributed by atoms with Gasteiger partial charge in [0.1, 0.15) is 9.84 Å². The summed E-state index contributed by atoms with van der Waals surface area (Å²) in [5.74, 6) is -0.256. The van der Waals surface area contributed by atoms with Crippen LogP contribution in [-0.4, -0.2) is 50.4 Å². The van der Waals surface area contributed by atoms with E-state index in [0.717, 1.165) is 5.56 Å². The summed E-state index contributed by atoms with van der Waals surface area (Å²) in [5.41, 5.74) is 5.96. The standard InChI is InChI=1S/C15H21ClN2O3S/c1-11(8-22(2,20)21)18-9-15(10-18,14(17)19)7-12-3-5-13(16)6-4-12/h3-6,11H,7-10H2,1-2H3,(H2,17,19). The number of rotatable bonds is 6. The van der Waals surface area contributed by atoms with Crippen LogP contribution in [0.2, 0.25) is 5.02 Å². The maximum Gasteiger partial charge on any atom is 0.226 e. The Balaban J connectivity index is 2.04. The van der Waals surface area contributed by atoms with Crippen LogP contribution in [0.4, 0.5) is 0 Å². The predicted molar refractivity (Wildman–Crippen MR) is 87.5 cm³/mol. The highest BCUT2D eigenvalue weighted by Crippen LogP contribution is 2.35. The number of hydrogen-bond donors (Lipinski definition) is 1. The molecular weight excluding hydrogens is 324 g/mol. The zero-order valence-corrected chi connectivity index (χ0v) is 14.3. The van der Waals surface area contributed by atoms with Gasteiger partial charge in [-0.05, 0) is 31.0 Å². The van der Waals surface area contributed by atoms with Crippen molar-refractivity contribution in [3.63, 3.8) is 0 Å². The van der Waals surface area contributed by atoms with Crippen LogP contribution in [0.1, 0.15) is 12.5 Å². The number of amides is 1. The van der Waals surface area contributed by atoms with Gasteiger partial charge in [0, 0.05) is 30.4 Å². The number of benzene rings is 1. The molecule has 0 aliphatic carbocycles. The number of nitrogens with zero attached hydrogens (tertiary/aromatic N) is 1. The molecule has 2 rings (SSSR count). The quantitative estimate of drug-likeness (QED) is 0.838. The highest BCUT2D eigenvalue weighted by Gasteiger charge is 2.49. The van der Waals surface area contributed by atoms with Crippen LogP contribution in [0, 0.1) is 5.41 Å². The number of sulfone groups is 1. The van der Waals surface area contributed by atoms with Gasteiger partial charge in [0.2, 0.25) is 5.91 Å². The van der Waals surface area contributed by atoms with Crippen molar-refractivity contribution in [2.75, 3.05) is 25.1 Å². The van der Waals surface area contributed by atoms with Gasteiger partial charge in [-0.2, -0.15) is 0 Å². The molecule has 0 aromatic heterocycles. The summed E-state index contributed by atoms with van der Waals surface area (Å²) in [6, 6.07) is 7.22. The maximum atomic E-state index is 11.9. The lowest BCUT2D eigenvalue weighted by atomic mass is 9.73. The van der Waals surface area contributed by atoms with Gasteiger partial charge in [-0.15, -0.1) is 0 Å². The molecule has 0 radical (unpaired) electrons. The molecule has 0 spiro atoms. The van der Waals surface area contributed by atoms with E-state index >= 15 is 0 Å².